The summed E-state index contributed by atoms with van der Waals surface area (Å²) in [4.78, 5) is 2.41. The highest BCUT2D eigenvalue weighted by molar-refractivity contribution is 7.89. The quantitative estimate of drug-likeness (QED) is 0.812. The lowest BCUT2D eigenvalue weighted by molar-refractivity contribution is 0.382. The second kappa shape index (κ2) is 7.20. The van der Waals surface area contributed by atoms with E-state index in [-0.39, 0.29) is 0 Å². The topological polar surface area (TPSA) is 75.6 Å². The van der Waals surface area contributed by atoms with E-state index in [4.69, 9.17) is 4.74 Å². The van der Waals surface area contributed by atoms with Crippen LogP contribution in [0.5, 0.6) is 5.75 Å². The second-order valence-electron chi connectivity index (χ2n) is 6.51. The van der Waals surface area contributed by atoms with Crippen LogP contribution in [0.1, 0.15) is 16.8 Å². The zero-order chi connectivity index (χ0) is 18.9. The minimum Gasteiger partial charge on any atom is -0.496 e. The summed E-state index contributed by atoms with van der Waals surface area (Å²) in [7, 11) is -1.95. The van der Waals surface area contributed by atoms with E-state index in [1.807, 2.05) is 26.0 Å². The molecule has 1 aromatic heterocycles. The minimum atomic E-state index is -3.54. The fourth-order valence-electron chi connectivity index (χ4n) is 3.12. The van der Waals surface area contributed by atoms with E-state index in [1.165, 1.54) is 0 Å². The molecule has 140 valence electrons. The standard InChI is InChI=1S/C18H24N4O3S/c1-13-12-17(14(2)11-16(13)25-4)26(23,24)22-9-7-21(8-10-22)18-6-5-15(3)19-20-18/h5-6,11-12H,7-10H2,1-4H3. The first-order valence-corrected chi connectivity index (χ1v) is 9.97. The summed E-state index contributed by atoms with van der Waals surface area (Å²) in [6.07, 6.45) is 0. The van der Waals surface area contributed by atoms with Gasteiger partial charge in [0.2, 0.25) is 10.0 Å². The molecular formula is C18H24N4O3S. The molecule has 26 heavy (non-hydrogen) atoms. The Morgan fingerprint density at radius 3 is 2.23 bits per heavy atom. The van der Waals surface area contributed by atoms with Gasteiger partial charge in [0.05, 0.1) is 17.7 Å². The third-order valence-corrected chi connectivity index (χ3v) is 6.70. The lowest BCUT2D eigenvalue weighted by Gasteiger charge is -2.34. The number of anilines is 1. The summed E-state index contributed by atoms with van der Waals surface area (Å²) >= 11 is 0. The van der Waals surface area contributed by atoms with Gasteiger partial charge in [-0.25, -0.2) is 8.42 Å². The van der Waals surface area contributed by atoms with Crippen LogP contribution in [0.4, 0.5) is 5.82 Å². The van der Waals surface area contributed by atoms with Crippen LogP contribution in [0.25, 0.3) is 0 Å². The number of piperazine rings is 1. The van der Waals surface area contributed by atoms with Gasteiger partial charge in [0.25, 0.3) is 0 Å². The van der Waals surface area contributed by atoms with Crippen molar-refractivity contribution in [2.24, 2.45) is 0 Å². The van der Waals surface area contributed by atoms with E-state index in [9.17, 15) is 8.42 Å². The van der Waals surface area contributed by atoms with E-state index >= 15 is 0 Å². The molecule has 0 N–H and O–H groups in total. The maximum absolute atomic E-state index is 13.1. The zero-order valence-corrected chi connectivity index (χ0v) is 16.4. The number of aromatic nitrogens is 2. The number of nitrogens with zero attached hydrogens (tertiary/aromatic N) is 4. The maximum atomic E-state index is 13.1. The molecule has 8 heteroatoms. The minimum absolute atomic E-state index is 0.347. The smallest absolute Gasteiger partial charge is 0.243 e. The van der Waals surface area contributed by atoms with Crippen LogP contribution in [0.3, 0.4) is 0 Å². The van der Waals surface area contributed by atoms with Crippen molar-refractivity contribution in [2.45, 2.75) is 25.7 Å². The van der Waals surface area contributed by atoms with Crippen molar-refractivity contribution in [1.29, 1.82) is 0 Å². The van der Waals surface area contributed by atoms with E-state index in [0.717, 1.165) is 17.1 Å². The van der Waals surface area contributed by atoms with Gasteiger partial charge in [-0.05, 0) is 56.2 Å². The van der Waals surface area contributed by atoms with Gasteiger partial charge in [-0.2, -0.15) is 9.40 Å². The Bertz CT molecular complexity index is 889. The highest BCUT2D eigenvalue weighted by Gasteiger charge is 2.30. The molecule has 2 aromatic rings. The van der Waals surface area contributed by atoms with Crippen molar-refractivity contribution < 1.29 is 13.2 Å². The Kier molecular flexibility index (Phi) is 5.15. The first kappa shape index (κ1) is 18.6. The molecule has 2 heterocycles. The number of aryl methyl sites for hydroxylation is 3. The highest BCUT2D eigenvalue weighted by Crippen LogP contribution is 2.28. The number of hydrogen-bond donors (Lipinski definition) is 0. The van der Waals surface area contributed by atoms with Crippen LogP contribution in [-0.4, -0.2) is 56.2 Å². The normalized spacial score (nSPS) is 15.9. The monoisotopic (exact) mass is 376 g/mol. The van der Waals surface area contributed by atoms with Crippen molar-refractivity contribution >= 4 is 15.8 Å². The Labute approximate surface area is 154 Å². The van der Waals surface area contributed by atoms with Gasteiger partial charge in [-0.15, -0.1) is 5.10 Å². The van der Waals surface area contributed by atoms with Crippen molar-refractivity contribution in [3.8, 4) is 5.75 Å². The lowest BCUT2D eigenvalue weighted by Crippen LogP contribution is -2.49. The van der Waals surface area contributed by atoms with Gasteiger partial charge in [-0.1, -0.05) is 0 Å². The molecule has 7 nitrogen and oxygen atoms in total. The number of sulfonamides is 1. The average Bonchev–Trinajstić information content (AvgIpc) is 2.64. The van der Waals surface area contributed by atoms with Crippen LogP contribution in [0.2, 0.25) is 0 Å². The third-order valence-electron chi connectivity index (χ3n) is 4.66. The molecule has 0 atom stereocenters. The number of benzene rings is 1. The summed E-state index contributed by atoms with van der Waals surface area (Å²) in [6.45, 7) is 7.56. The van der Waals surface area contributed by atoms with Gasteiger partial charge >= 0.3 is 0 Å². The van der Waals surface area contributed by atoms with Gasteiger partial charge in [-0.3, -0.25) is 0 Å². The molecule has 1 aliphatic heterocycles. The van der Waals surface area contributed by atoms with Gasteiger partial charge < -0.3 is 9.64 Å². The number of ether oxygens (including phenoxy) is 1. The molecule has 1 aromatic carbocycles. The average molecular weight is 376 g/mol. The molecule has 0 bridgehead atoms. The largest absolute Gasteiger partial charge is 0.496 e. The molecule has 0 radical (unpaired) electrons. The van der Waals surface area contributed by atoms with Gasteiger partial charge in [0.1, 0.15) is 5.75 Å². The van der Waals surface area contributed by atoms with Crippen LogP contribution < -0.4 is 9.64 Å². The van der Waals surface area contributed by atoms with E-state index in [2.05, 4.69) is 15.1 Å². The van der Waals surface area contributed by atoms with Crippen molar-refractivity contribution in [3.05, 3.63) is 41.1 Å². The Balaban J connectivity index is 1.78. The number of hydrogen-bond acceptors (Lipinski definition) is 6. The van der Waals surface area contributed by atoms with Crippen LogP contribution in [0.15, 0.2) is 29.2 Å². The summed E-state index contributed by atoms with van der Waals surface area (Å²) in [6, 6.07) is 7.31. The van der Waals surface area contributed by atoms with E-state index in [0.29, 0.717) is 42.4 Å². The molecule has 0 spiro atoms. The number of rotatable bonds is 4. The van der Waals surface area contributed by atoms with Crippen molar-refractivity contribution in [2.75, 3.05) is 38.2 Å². The Hall–Kier alpha value is -2.19. The molecule has 0 aliphatic carbocycles. The Morgan fingerprint density at radius 1 is 0.962 bits per heavy atom. The van der Waals surface area contributed by atoms with Crippen LogP contribution >= 0.6 is 0 Å². The van der Waals surface area contributed by atoms with Crippen LogP contribution in [0, 0.1) is 20.8 Å². The van der Waals surface area contributed by atoms with Gasteiger partial charge in [0, 0.05) is 26.2 Å². The molecule has 0 unspecified atom stereocenters. The van der Waals surface area contributed by atoms with E-state index < -0.39 is 10.0 Å². The van der Waals surface area contributed by atoms with E-state index in [1.54, 1.807) is 30.5 Å². The summed E-state index contributed by atoms with van der Waals surface area (Å²) in [5.41, 5.74) is 2.37. The Morgan fingerprint density at radius 2 is 1.65 bits per heavy atom. The summed E-state index contributed by atoms with van der Waals surface area (Å²) in [5.74, 6) is 1.48. The second-order valence-corrected chi connectivity index (χ2v) is 8.42. The third kappa shape index (κ3) is 3.52. The number of methoxy groups -OCH3 is 1. The fraction of sp³-hybridized carbons (Fsp3) is 0.444. The molecule has 0 amide bonds. The van der Waals surface area contributed by atoms with Crippen molar-refractivity contribution in [3.63, 3.8) is 0 Å². The summed E-state index contributed by atoms with van der Waals surface area (Å²) < 4.78 is 33.0. The molecule has 1 fully saturated rings. The molecular weight excluding hydrogens is 352 g/mol. The fourth-order valence-corrected chi connectivity index (χ4v) is 4.83. The first-order chi connectivity index (χ1) is 12.3. The molecule has 1 aliphatic rings. The maximum Gasteiger partial charge on any atom is 0.243 e. The predicted molar refractivity (Wildman–Crippen MR) is 100 cm³/mol. The van der Waals surface area contributed by atoms with Crippen LogP contribution in [-0.2, 0) is 10.0 Å². The van der Waals surface area contributed by atoms with Gasteiger partial charge in [0.15, 0.2) is 5.82 Å². The molecule has 1 saturated heterocycles. The predicted octanol–water partition coefficient (Wildman–Crippen LogP) is 1.92. The molecule has 0 saturated carbocycles. The zero-order valence-electron chi connectivity index (χ0n) is 15.6. The SMILES string of the molecule is COc1cc(C)c(S(=O)(=O)N2CCN(c3ccc(C)nn3)CC2)cc1C. The highest BCUT2D eigenvalue weighted by atomic mass is 32.2. The molecule has 3 rings (SSSR count). The summed E-state index contributed by atoms with van der Waals surface area (Å²) in [5, 5.41) is 8.26. The first-order valence-electron chi connectivity index (χ1n) is 8.53. The van der Waals surface area contributed by atoms with Crippen molar-refractivity contribution in [1.82, 2.24) is 14.5 Å². The lowest BCUT2D eigenvalue weighted by atomic mass is 10.1.